The van der Waals surface area contributed by atoms with E-state index in [0.717, 1.165) is 12.7 Å². The number of rotatable bonds is 2. The van der Waals surface area contributed by atoms with Crippen molar-refractivity contribution in [3.63, 3.8) is 0 Å². The molecule has 0 atom stereocenters. The number of carbonyl (C=O) groups is 1. The number of aliphatic hydroxyl groups excluding tert-OH is 1. The average Bonchev–Trinajstić information content (AvgIpc) is 2.21. The first-order valence-corrected chi connectivity index (χ1v) is 4.67. The summed E-state index contributed by atoms with van der Waals surface area (Å²) in [5.74, 6) is 0.663. The highest BCUT2D eigenvalue weighted by molar-refractivity contribution is 5.94. The van der Waals surface area contributed by atoms with Crippen LogP contribution in [-0.4, -0.2) is 18.0 Å². The number of benzene rings is 1. The van der Waals surface area contributed by atoms with E-state index < -0.39 is 0 Å². The third kappa shape index (κ3) is 3.71. The zero-order valence-electron chi connectivity index (χ0n) is 9.24. The molecule has 1 aromatic carbocycles. The van der Waals surface area contributed by atoms with Crippen molar-refractivity contribution in [2.75, 3.05) is 7.11 Å². The molecule has 0 heterocycles. The number of ketones is 1. The lowest BCUT2D eigenvalue weighted by atomic mass is 10.0. The van der Waals surface area contributed by atoms with Crippen molar-refractivity contribution < 1.29 is 9.90 Å². The van der Waals surface area contributed by atoms with Gasteiger partial charge < -0.3 is 5.11 Å². The smallest absolute Gasteiger partial charge is 0.159 e. The molecule has 0 fully saturated rings. The molecular formula is C12H18O2. The highest BCUT2D eigenvalue weighted by Gasteiger charge is 2.00. The van der Waals surface area contributed by atoms with Gasteiger partial charge in [0.15, 0.2) is 5.78 Å². The summed E-state index contributed by atoms with van der Waals surface area (Å²) < 4.78 is 0. The van der Waals surface area contributed by atoms with Gasteiger partial charge in [0, 0.05) is 12.7 Å². The molecular weight excluding hydrogens is 176 g/mol. The van der Waals surface area contributed by atoms with Crippen LogP contribution >= 0.6 is 0 Å². The van der Waals surface area contributed by atoms with Gasteiger partial charge in [-0.3, -0.25) is 4.79 Å². The quantitative estimate of drug-likeness (QED) is 0.735. The van der Waals surface area contributed by atoms with Gasteiger partial charge in [-0.05, 0) is 18.4 Å². The van der Waals surface area contributed by atoms with Crippen molar-refractivity contribution in [1.29, 1.82) is 0 Å². The fourth-order valence-electron chi connectivity index (χ4n) is 1.10. The summed E-state index contributed by atoms with van der Waals surface area (Å²) in [4.78, 5) is 10.9. The second-order valence-electron chi connectivity index (χ2n) is 3.33. The molecule has 0 aliphatic carbocycles. The summed E-state index contributed by atoms with van der Waals surface area (Å²) >= 11 is 0. The SMILES string of the molecule is CC(=O)c1ccc(C(C)C)cc1.CO. The van der Waals surface area contributed by atoms with Crippen molar-refractivity contribution in [2.45, 2.75) is 26.7 Å². The fourth-order valence-corrected chi connectivity index (χ4v) is 1.10. The molecule has 0 spiro atoms. The van der Waals surface area contributed by atoms with Gasteiger partial charge in [0.25, 0.3) is 0 Å². The number of hydrogen-bond donors (Lipinski definition) is 1. The summed E-state index contributed by atoms with van der Waals surface area (Å²) in [5.41, 5.74) is 2.07. The first kappa shape index (κ1) is 12.8. The number of hydrogen-bond acceptors (Lipinski definition) is 2. The van der Waals surface area contributed by atoms with Crippen LogP contribution in [0.2, 0.25) is 0 Å². The van der Waals surface area contributed by atoms with Gasteiger partial charge in [0.1, 0.15) is 0 Å². The molecule has 0 saturated carbocycles. The van der Waals surface area contributed by atoms with E-state index >= 15 is 0 Å². The van der Waals surface area contributed by atoms with E-state index in [1.54, 1.807) is 6.92 Å². The molecule has 0 aliphatic heterocycles. The van der Waals surface area contributed by atoms with Gasteiger partial charge in [-0.25, -0.2) is 0 Å². The van der Waals surface area contributed by atoms with Crippen LogP contribution in [0.3, 0.4) is 0 Å². The number of Topliss-reactive ketones (excluding diaryl/α,β-unsaturated/α-hetero) is 1. The lowest BCUT2D eigenvalue weighted by Crippen LogP contribution is -1.93. The Morgan fingerprint density at radius 3 is 1.86 bits per heavy atom. The summed E-state index contributed by atoms with van der Waals surface area (Å²) in [5, 5.41) is 7.00. The Balaban J connectivity index is 0.000000791. The van der Waals surface area contributed by atoms with Crippen LogP contribution in [0.5, 0.6) is 0 Å². The van der Waals surface area contributed by atoms with Crippen LogP contribution in [-0.2, 0) is 0 Å². The maximum atomic E-state index is 10.9. The molecule has 0 aliphatic rings. The minimum Gasteiger partial charge on any atom is -0.400 e. The Hall–Kier alpha value is -1.15. The van der Waals surface area contributed by atoms with Crippen molar-refractivity contribution in [1.82, 2.24) is 0 Å². The second kappa shape index (κ2) is 6.33. The van der Waals surface area contributed by atoms with E-state index in [1.807, 2.05) is 24.3 Å². The minimum atomic E-state index is 0.130. The molecule has 1 N–H and O–H groups in total. The molecule has 2 heteroatoms. The van der Waals surface area contributed by atoms with Crippen LogP contribution in [0.1, 0.15) is 42.6 Å². The molecule has 14 heavy (non-hydrogen) atoms. The molecule has 0 aromatic heterocycles. The fraction of sp³-hybridized carbons (Fsp3) is 0.417. The minimum absolute atomic E-state index is 0.130. The highest BCUT2D eigenvalue weighted by Crippen LogP contribution is 2.14. The van der Waals surface area contributed by atoms with Gasteiger partial charge in [0.05, 0.1) is 0 Å². The summed E-state index contributed by atoms with van der Waals surface area (Å²) in [7, 11) is 1.00. The standard InChI is InChI=1S/C11H14O.CH4O/c1-8(2)10-4-6-11(7-5-10)9(3)12;1-2/h4-8H,1-3H3;2H,1H3. The molecule has 78 valence electrons. The molecule has 0 amide bonds. The van der Waals surface area contributed by atoms with E-state index in [1.165, 1.54) is 5.56 Å². The first-order valence-electron chi connectivity index (χ1n) is 4.67. The number of carbonyl (C=O) groups excluding carboxylic acids is 1. The molecule has 0 radical (unpaired) electrons. The number of aliphatic hydroxyl groups is 1. The lowest BCUT2D eigenvalue weighted by molar-refractivity contribution is 0.101. The predicted octanol–water partition coefficient (Wildman–Crippen LogP) is 2.62. The summed E-state index contributed by atoms with van der Waals surface area (Å²) in [6.07, 6.45) is 0. The second-order valence-corrected chi connectivity index (χ2v) is 3.33. The zero-order valence-corrected chi connectivity index (χ0v) is 9.24. The Kier molecular flexibility index (Phi) is 5.81. The van der Waals surface area contributed by atoms with Gasteiger partial charge in [0.2, 0.25) is 0 Å². The lowest BCUT2D eigenvalue weighted by Gasteiger charge is -2.04. The highest BCUT2D eigenvalue weighted by atomic mass is 16.2. The van der Waals surface area contributed by atoms with Gasteiger partial charge in [-0.15, -0.1) is 0 Å². The van der Waals surface area contributed by atoms with E-state index in [0.29, 0.717) is 5.92 Å². The van der Waals surface area contributed by atoms with E-state index in [2.05, 4.69) is 13.8 Å². The van der Waals surface area contributed by atoms with Crippen molar-refractivity contribution in [3.8, 4) is 0 Å². The largest absolute Gasteiger partial charge is 0.400 e. The first-order chi connectivity index (χ1) is 6.61. The van der Waals surface area contributed by atoms with Crippen LogP contribution in [0.15, 0.2) is 24.3 Å². The average molecular weight is 194 g/mol. The van der Waals surface area contributed by atoms with E-state index in [4.69, 9.17) is 5.11 Å². The molecule has 0 unspecified atom stereocenters. The molecule has 0 saturated heterocycles. The Labute approximate surface area is 85.6 Å². The maximum Gasteiger partial charge on any atom is 0.159 e. The zero-order chi connectivity index (χ0) is 11.1. The Morgan fingerprint density at radius 2 is 1.57 bits per heavy atom. The van der Waals surface area contributed by atoms with Gasteiger partial charge in [-0.1, -0.05) is 38.1 Å². The van der Waals surface area contributed by atoms with Crippen molar-refractivity contribution >= 4 is 5.78 Å². The molecule has 1 rings (SSSR count). The Bertz CT molecular complexity index is 273. The van der Waals surface area contributed by atoms with Crippen LogP contribution in [0.4, 0.5) is 0 Å². The monoisotopic (exact) mass is 194 g/mol. The topological polar surface area (TPSA) is 37.3 Å². The van der Waals surface area contributed by atoms with Crippen molar-refractivity contribution in [2.24, 2.45) is 0 Å². The molecule has 1 aromatic rings. The third-order valence-electron chi connectivity index (χ3n) is 1.98. The van der Waals surface area contributed by atoms with Gasteiger partial charge in [-0.2, -0.15) is 0 Å². The Morgan fingerprint density at radius 1 is 1.14 bits per heavy atom. The van der Waals surface area contributed by atoms with Crippen LogP contribution in [0.25, 0.3) is 0 Å². The summed E-state index contributed by atoms with van der Waals surface area (Å²) in [6, 6.07) is 7.80. The normalized spacial score (nSPS) is 9.29. The van der Waals surface area contributed by atoms with E-state index in [9.17, 15) is 4.79 Å². The maximum absolute atomic E-state index is 10.9. The van der Waals surface area contributed by atoms with Crippen LogP contribution < -0.4 is 0 Å². The summed E-state index contributed by atoms with van der Waals surface area (Å²) in [6.45, 7) is 5.87. The molecule has 0 bridgehead atoms. The van der Waals surface area contributed by atoms with Crippen LogP contribution in [0, 0.1) is 0 Å². The van der Waals surface area contributed by atoms with Gasteiger partial charge >= 0.3 is 0 Å². The predicted molar refractivity (Wildman–Crippen MR) is 58.7 cm³/mol. The third-order valence-corrected chi connectivity index (χ3v) is 1.98. The molecule has 2 nitrogen and oxygen atoms in total. The van der Waals surface area contributed by atoms with E-state index in [-0.39, 0.29) is 5.78 Å². The van der Waals surface area contributed by atoms with Crippen molar-refractivity contribution in [3.05, 3.63) is 35.4 Å².